The van der Waals surface area contributed by atoms with Crippen LogP contribution in [0.5, 0.6) is 0 Å². The maximum Gasteiger partial charge on any atom is 0.254 e. The van der Waals surface area contributed by atoms with Crippen molar-refractivity contribution in [2.45, 2.75) is 32.8 Å². The summed E-state index contributed by atoms with van der Waals surface area (Å²) in [4.78, 5) is 11.9. The van der Waals surface area contributed by atoms with E-state index in [9.17, 15) is 14.3 Å². The van der Waals surface area contributed by atoms with Gasteiger partial charge in [0.05, 0.1) is 11.2 Å². The fourth-order valence-electron chi connectivity index (χ4n) is 1.64. The van der Waals surface area contributed by atoms with E-state index >= 15 is 0 Å². The summed E-state index contributed by atoms with van der Waals surface area (Å²) in [6, 6.07) is 4.25. The standard InChI is InChI=1S/C14H19BrFNO2/c1-4-9(2)14(3,19)8-17-13(18)11-6-5-10(15)7-12(11)16/h5-7,9,19H,4,8H2,1-3H3,(H,17,18). The molecule has 1 aromatic carbocycles. The Morgan fingerprint density at radius 1 is 1.58 bits per heavy atom. The van der Waals surface area contributed by atoms with Gasteiger partial charge in [0.1, 0.15) is 5.82 Å². The van der Waals surface area contributed by atoms with Gasteiger partial charge in [-0.1, -0.05) is 36.2 Å². The average molecular weight is 332 g/mol. The molecule has 0 aliphatic rings. The van der Waals surface area contributed by atoms with Gasteiger partial charge in [-0.15, -0.1) is 0 Å². The second-order valence-corrected chi connectivity index (χ2v) is 5.89. The van der Waals surface area contributed by atoms with Gasteiger partial charge in [0, 0.05) is 11.0 Å². The lowest BCUT2D eigenvalue weighted by Crippen LogP contribution is -2.45. The molecule has 5 heteroatoms. The van der Waals surface area contributed by atoms with Crippen LogP contribution in [0.2, 0.25) is 0 Å². The summed E-state index contributed by atoms with van der Waals surface area (Å²) in [6.07, 6.45) is 0.801. The van der Waals surface area contributed by atoms with Crippen LogP contribution in [0.1, 0.15) is 37.6 Å². The molecule has 2 N–H and O–H groups in total. The van der Waals surface area contributed by atoms with Crippen LogP contribution >= 0.6 is 15.9 Å². The van der Waals surface area contributed by atoms with Gasteiger partial charge in [0.2, 0.25) is 0 Å². The molecule has 106 valence electrons. The molecule has 0 aliphatic carbocycles. The Hall–Kier alpha value is -0.940. The smallest absolute Gasteiger partial charge is 0.254 e. The normalized spacial score (nSPS) is 15.7. The van der Waals surface area contributed by atoms with Crippen molar-refractivity contribution < 1.29 is 14.3 Å². The minimum atomic E-state index is -1.00. The predicted molar refractivity (Wildman–Crippen MR) is 76.5 cm³/mol. The second-order valence-electron chi connectivity index (χ2n) is 4.97. The van der Waals surface area contributed by atoms with Crippen molar-refractivity contribution in [1.29, 1.82) is 0 Å². The highest BCUT2D eigenvalue weighted by molar-refractivity contribution is 9.10. The maximum absolute atomic E-state index is 13.6. The van der Waals surface area contributed by atoms with Crippen LogP contribution < -0.4 is 5.32 Å². The van der Waals surface area contributed by atoms with E-state index in [0.29, 0.717) is 4.47 Å². The van der Waals surface area contributed by atoms with E-state index in [-0.39, 0.29) is 18.0 Å². The van der Waals surface area contributed by atoms with Crippen LogP contribution in [0.4, 0.5) is 4.39 Å². The molecule has 0 spiro atoms. The number of benzene rings is 1. The Kier molecular flexibility index (Phi) is 5.50. The summed E-state index contributed by atoms with van der Waals surface area (Å²) in [7, 11) is 0. The third-order valence-electron chi connectivity index (χ3n) is 3.46. The van der Waals surface area contributed by atoms with Crippen molar-refractivity contribution in [2.24, 2.45) is 5.92 Å². The Bertz CT molecular complexity index is 463. The summed E-state index contributed by atoms with van der Waals surface area (Å²) in [5.41, 5.74) is -1.03. The number of rotatable bonds is 5. The van der Waals surface area contributed by atoms with Crippen molar-refractivity contribution in [3.63, 3.8) is 0 Å². The predicted octanol–water partition coefficient (Wildman–Crippen LogP) is 3.12. The molecule has 0 radical (unpaired) electrons. The summed E-state index contributed by atoms with van der Waals surface area (Å²) >= 11 is 3.13. The zero-order chi connectivity index (χ0) is 14.6. The van der Waals surface area contributed by atoms with E-state index in [1.807, 2.05) is 13.8 Å². The molecule has 0 saturated carbocycles. The quantitative estimate of drug-likeness (QED) is 0.870. The number of carbonyl (C=O) groups is 1. The minimum absolute atomic E-state index is 0.0249. The lowest BCUT2D eigenvalue weighted by molar-refractivity contribution is 0.00588. The molecule has 0 bridgehead atoms. The molecule has 0 heterocycles. The summed E-state index contributed by atoms with van der Waals surface area (Å²) < 4.78 is 14.2. The number of nitrogens with one attached hydrogen (secondary N) is 1. The van der Waals surface area contributed by atoms with Crippen molar-refractivity contribution in [3.8, 4) is 0 Å². The number of amides is 1. The summed E-state index contributed by atoms with van der Waals surface area (Å²) in [5.74, 6) is -1.06. The molecule has 2 atom stereocenters. The van der Waals surface area contributed by atoms with Crippen LogP contribution in [-0.2, 0) is 0 Å². The number of hydrogen-bond donors (Lipinski definition) is 2. The first-order valence-corrected chi connectivity index (χ1v) is 7.03. The number of aliphatic hydroxyl groups is 1. The van der Waals surface area contributed by atoms with Crippen molar-refractivity contribution >= 4 is 21.8 Å². The van der Waals surface area contributed by atoms with E-state index in [4.69, 9.17) is 0 Å². The third-order valence-corrected chi connectivity index (χ3v) is 3.95. The molecular formula is C14H19BrFNO2. The van der Waals surface area contributed by atoms with Crippen LogP contribution in [0, 0.1) is 11.7 Å². The molecule has 0 aliphatic heterocycles. The van der Waals surface area contributed by atoms with Gasteiger partial charge in [-0.3, -0.25) is 4.79 Å². The molecular weight excluding hydrogens is 313 g/mol. The van der Waals surface area contributed by atoms with Crippen LogP contribution in [0.3, 0.4) is 0 Å². The van der Waals surface area contributed by atoms with Gasteiger partial charge in [0.25, 0.3) is 5.91 Å². The lowest BCUT2D eigenvalue weighted by atomic mass is 9.88. The van der Waals surface area contributed by atoms with Gasteiger partial charge in [-0.05, 0) is 31.0 Å². The van der Waals surface area contributed by atoms with E-state index in [1.165, 1.54) is 12.1 Å². The van der Waals surface area contributed by atoms with E-state index in [0.717, 1.165) is 6.42 Å². The number of halogens is 2. The first-order valence-electron chi connectivity index (χ1n) is 6.23. The van der Waals surface area contributed by atoms with E-state index < -0.39 is 17.3 Å². The zero-order valence-corrected chi connectivity index (χ0v) is 12.9. The SMILES string of the molecule is CCC(C)C(C)(O)CNC(=O)c1ccc(Br)cc1F. The largest absolute Gasteiger partial charge is 0.388 e. The highest BCUT2D eigenvalue weighted by atomic mass is 79.9. The monoisotopic (exact) mass is 331 g/mol. The first-order chi connectivity index (χ1) is 8.77. The molecule has 0 aromatic heterocycles. The number of carbonyl (C=O) groups excluding carboxylic acids is 1. The average Bonchev–Trinajstić information content (AvgIpc) is 2.35. The van der Waals surface area contributed by atoms with Crippen molar-refractivity contribution in [3.05, 3.63) is 34.1 Å². The van der Waals surface area contributed by atoms with Gasteiger partial charge >= 0.3 is 0 Å². The van der Waals surface area contributed by atoms with Crippen LogP contribution in [-0.4, -0.2) is 23.2 Å². The Morgan fingerprint density at radius 3 is 2.74 bits per heavy atom. The molecule has 0 saturated heterocycles. The van der Waals surface area contributed by atoms with Crippen molar-refractivity contribution in [1.82, 2.24) is 5.32 Å². The second kappa shape index (κ2) is 6.48. The molecule has 1 rings (SSSR count). The molecule has 2 unspecified atom stereocenters. The van der Waals surface area contributed by atoms with E-state index in [1.54, 1.807) is 13.0 Å². The molecule has 19 heavy (non-hydrogen) atoms. The minimum Gasteiger partial charge on any atom is -0.388 e. The summed E-state index contributed by atoms with van der Waals surface area (Å²) in [6.45, 7) is 5.64. The lowest BCUT2D eigenvalue weighted by Gasteiger charge is -2.29. The number of hydrogen-bond acceptors (Lipinski definition) is 2. The molecule has 0 fully saturated rings. The Balaban J connectivity index is 2.70. The van der Waals surface area contributed by atoms with Crippen LogP contribution in [0.25, 0.3) is 0 Å². The molecule has 1 amide bonds. The topological polar surface area (TPSA) is 49.3 Å². The van der Waals surface area contributed by atoms with Crippen LogP contribution in [0.15, 0.2) is 22.7 Å². The summed E-state index contributed by atoms with van der Waals surface area (Å²) in [5, 5.41) is 12.7. The van der Waals surface area contributed by atoms with Crippen molar-refractivity contribution in [2.75, 3.05) is 6.54 Å². The highest BCUT2D eigenvalue weighted by Crippen LogP contribution is 2.19. The fourth-order valence-corrected chi connectivity index (χ4v) is 1.98. The molecule has 1 aromatic rings. The first kappa shape index (κ1) is 16.1. The fraction of sp³-hybridized carbons (Fsp3) is 0.500. The van der Waals surface area contributed by atoms with Gasteiger partial charge < -0.3 is 10.4 Å². The van der Waals surface area contributed by atoms with E-state index in [2.05, 4.69) is 21.2 Å². The highest BCUT2D eigenvalue weighted by Gasteiger charge is 2.27. The Morgan fingerprint density at radius 2 is 2.21 bits per heavy atom. The van der Waals surface area contributed by atoms with Gasteiger partial charge in [-0.25, -0.2) is 4.39 Å². The molecule has 3 nitrogen and oxygen atoms in total. The van der Waals surface area contributed by atoms with Gasteiger partial charge in [0.15, 0.2) is 0 Å². The Labute approximate surface area is 121 Å². The maximum atomic E-state index is 13.6. The third kappa shape index (κ3) is 4.28. The zero-order valence-electron chi connectivity index (χ0n) is 11.3. The van der Waals surface area contributed by atoms with Gasteiger partial charge in [-0.2, -0.15) is 0 Å².